The van der Waals surface area contributed by atoms with Gasteiger partial charge in [-0.1, -0.05) is 42.5 Å². The Labute approximate surface area is 199 Å². The zero-order chi connectivity index (χ0) is 23.9. The molecule has 3 N–H and O–H groups in total. The highest BCUT2D eigenvalue weighted by atomic mass is 16.2. The highest BCUT2D eigenvalue weighted by molar-refractivity contribution is 6.05. The number of nitrogens with zero attached hydrogens (tertiary/aromatic N) is 2. The van der Waals surface area contributed by atoms with Crippen molar-refractivity contribution < 1.29 is 14.4 Å². The lowest BCUT2D eigenvalue weighted by atomic mass is 9.99. The van der Waals surface area contributed by atoms with Gasteiger partial charge in [-0.05, 0) is 49.9 Å². The van der Waals surface area contributed by atoms with E-state index in [1.165, 1.54) is 0 Å². The van der Waals surface area contributed by atoms with Gasteiger partial charge in [0.25, 0.3) is 5.91 Å². The maximum Gasteiger partial charge on any atom is 0.254 e. The molecule has 8 heteroatoms. The van der Waals surface area contributed by atoms with Crippen LogP contribution in [0.2, 0.25) is 0 Å². The van der Waals surface area contributed by atoms with E-state index in [0.29, 0.717) is 30.8 Å². The number of hydrogen-bond donors (Lipinski definition) is 3. The Balaban J connectivity index is 1.41. The number of carbonyl (C=O) groups excluding carboxylic acids is 3. The van der Waals surface area contributed by atoms with Gasteiger partial charge in [0.15, 0.2) is 0 Å². The topological polar surface area (TPSA) is 114 Å². The summed E-state index contributed by atoms with van der Waals surface area (Å²) < 4.78 is 0. The van der Waals surface area contributed by atoms with Gasteiger partial charge in [-0.2, -0.15) is 5.26 Å². The molecule has 2 aliphatic heterocycles. The van der Waals surface area contributed by atoms with Crippen molar-refractivity contribution in [3.05, 3.63) is 65.7 Å². The van der Waals surface area contributed by atoms with Crippen LogP contribution in [0, 0.1) is 17.2 Å². The van der Waals surface area contributed by atoms with Crippen molar-refractivity contribution in [2.24, 2.45) is 5.92 Å². The van der Waals surface area contributed by atoms with E-state index in [9.17, 15) is 19.6 Å². The highest BCUT2D eigenvalue weighted by Gasteiger charge is 2.32. The van der Waals surface area contributed by atoms with Gasteiger partial charge in [-0.15, -0.1) is 0 Å². The number of benzene rings is 2. The van der Waals surface area contributed by atoms with Crippen LogP contribution >= 0.6 is 0 Å². The van der Waals surface area contributed by atoms with Crippen molar-refractivity contribution in [1.29, 1.82) is 5.26 Å². The molecule has 0 saturated carbocycles. The Hall–Kier alpha value is -3.70. The van der Waals surface area contributed by atoms with Gasteiger partial charge >= 0.3 is 0 Å². The minimum absolute atomic E-state index is 0.0845. The summed E-state index contributed by atoms with van der Waals surface area (Å²) in [6.07, 6.45) is 2.61. The lowest BCUT2D eigenvalue weighted by Crippen LogP contribution is -2.40. The van der Waals surface area contributed by atoms with Gasteiger partial charge in [-0.3, -0.25) is 19.3 Å². The van der Waals surface area contributed by atoms with Crippen molar-refractivity contribution >= 4 is 23.4 Å². The first-order valence-electron chi connectivity index (χ1n) is 11.7. The molecule has 0 aliphatic carbocycles. The van der Waals surface area contributed by atoms with Crippen LogP contribution in [0.5, 0.6) is 0 Å². The maximum atomic E-state index is 13.2. The van der Waals surface area contributed by atoms with E-state index in [0.717, 1.165) is 24.9 Å². The molecule has 0 radical (unpaired) electrons. The first-order chi connectivity index (χ1) is 16.5. The summed E-state index contributed by atoms with van der Waals surface area (Å²) in [7, 11) is 0. The van der Waals surface area contributed by atoms with E-state index in [1.54, 1.807) is 24.3 Å². The Morgan fingerprint density at radius 2 is 1.88 bits per heavy atom. The lowest BCUT2D eigenvalue weighted by molar-refractivity contribution is -0.122. The highest BCUT2D eigenvalue weighted by Crippen LogP contribution is 2.23. The van der Waals surface area contributed by atoms with E-state index in [-0.39, 0.29) is 30.2 Å². The molecule has 0 aromatic heterocycles. The van der Waals surface area contributed by atoms with Crippen molar-refractivity contribution in [1.82, 2.24) is 15.5 Å². The summed E-state index contributed by atoms with van der Waals surface area (Å²) in [5.41, 5.74) is 1.85. The summed E-state index contributed by atoms with van der Waals surface area (Å²) in [5.74, 6) is -0.960. The molecule has 0 bridgehead atoms. The molecule has 0 spiro atoms. The molecule has 1 unspecified atom stereocenters. The zero-order valence-corrected chi connectivity index (χ0v) is 19.0. The second kappa shape index (κ2) is 10.9. The van der Waals surface area contributed by atoms with Crippen molar-refractivity contribution in [3.8, 4) is 6.07 Å². The zero-order valence-electron chi connectivity index (χ0n) is 19.0. The number of amides is 3. The third-order valence-electron chi connectivity index (χ3n) is 6.47. The number of anilines is 1. The first-order valence-corrected chi connectivity index (χ1v) is 11.7. The van der Waals surface area contributed by atoms with E-state index < -0.39 is 11.9 Å². The van der Waals surface area contributed by atoms with Gasteiger partial charge in [0.05, 0.1) is 23.4 Å². The Morgan fingerprint density at radius 1 is 1.12 bits per heavy atom. The quantitative estimate of drug-likeness (QED) is 0.561. The maximum absolute atomic E-state index is 13.2. The number of hydrogen-bond acceptors (Lipinski definition) is 5. The minimum atomic E-state index is -0.790. The second-order valence-corrected chi connectivity index (χ2v) is 8.82. The summed E-state index contributed by atoms with van der Waals surface area (Å²) in [5, 5.41) is 17.9. The largest absolute Gasteiger partial charge is 0.356 e. The summed E-state index contributed by atoms with van der Waals surface area (Å²) in [6.45, 7) is 2.13. The molecule has 2 heterocycles. The number of nitriles is 1. The van der Waals surface area contributed by atoms with Crippen LogP contribution in [-0.2, 0) is 16.1 Å². The average Bonchev–Trinajstić information content (AvgIpc) is 3.48. The normalized spacial score (nSPS) is 20.9. The summed E-state index contributed by atoms with van der Waals surface area (Å²) in [6, 6.07) is 17.8. The second-order valence-electron chi connectivity index (χ2n) is 8.82. The molecule has 3 atom stereocenters. The van der Waals surface area contributed by atoms with Crippen LogP contribution in [0.25, 0.3) is 0 Å². The number of para-hydroxylation sites is 1. The lowest BCUT2D eigenvalue weighted by Gasteiger charge is -2.24. The fourth-order valence-corrected chi connectivity index (χ4v) is 4.67. The molecule has 2 aromatic carbocycles. The smallest absolute Gasteiger partial charge is 0.254 e. The van der Waals surface area contributed by atoms with Crippen LogP contribution < -0.4 is 16.0 Å². The summed E-state index contributed by atoms with van der Waals surface area (Å²) >= 11 is 0. The van der Waals surface area contributed by atoms with Crippen LogP contribution in [-0.4, -0.2) is 47.8 Å². The van der Waals surface area contributed by atoms with Crippen LogP contribution in [0.4, 0.5) is 5.69 Å². The van der Waals surface area contributed by atoms with Gasteiger partial charge in [0.1, 0.15) is 6.04 Å². The van der Waals surface area contributed by atoms with Crippen LogP contribution in [0.15, 0.2) is 54.6 Å². The molecule has 34 heavy (non-hydrogen) atoms. The molecule has 2 aromatic rings. The van der Waals surface area contributed by atoms with E-state index in [2.05, 4.69) is 26.9 Å². The number of nitrogens with one attached hydrogen (secondary N) is 3. The summed E-state index contributed by atoms with van der Waals surface area (Å²) in [4.78, 5) is 40.1. The van der Waals surface area contributed by atoms with Crippen molar-refractivity contribution in [3.63, 3.8) is 0 Å². The predicted molar refractivity (Wildman–Crippen MR) is 128 cm³/mol. The predicted octanol–water partition coefficient (Wildman–Crippen LogP) is 2.44. The molecule has 8 nitrogen and oxygen atoms in total. The van der Waals surface area contributed by atoms with E-state index in [1.807, 2.05) is 30.3 Å². The number of rotatable bonds is 8. The van der Waals surface area contributed by atoms with E-state index >= 15 is 0 Å². The molecule has 2 aliphatic rings. The molecule has 2 fully saturated rings. The Bertz CT molecular complexity index is 1080. The molecular formula is C26H29N5O3. The van der Waals surface area contributed by atoms with Crippen LogP contribution in [0.1, 0.15) is 41.6 Å². The molecule has 176 valence electrons. The monoisotopic (exact) mass is 459 g/mol. The third kappa shape index (κ3) is 5.61. The van der Waals surface area contributed by atoms with Crippen molar-refractivity contribution in [2.45, 2.75) is 44.3 Å². The molecular weight excluding hydrogens is 430 g/mol. The van der Waals surface area contributed by atoms with Gasteiger partial charge in [0, 0.05) is 19.0 Å². The Morgan fingerprint density at radius 3 is 2.62 bits per heavy atom. The minimum Gasteiger partial charge on any atom is -0.356 e. The van der Waals surface area contributed by atoms with Gasteiger partial charge in [-0.25, -0.2) is 0 Å². The molecule has 3 amide bonds. The third-order valence-corrected chi connectivity index (χ3v) is 6.47. The molecule has 2 saturated heterocycles. The number of carbonyl (C=O) groups is 3. The average molecular weight is 460 g/mol. The Kier molecular flexibility index (Phi) is 7.55. The van der Waals surface area contributed by atoms with E-state index in [4.69, 9.17) is 0 Å². The van der Waals surface area contributed by atoms with Crippen molar-refractivity contribution in [2.75, 3.05) is 18.4 Å². The fourth-order valence-electron chi connectivity index (χ4n) is 4.67. The molecule has 4 rings (SSSR count). The SMILES string of the molecule is N#C[C@H](CC1CCNC1=O)NC(=O)c1ccccc1NC(=O)[C@@H]1CCCN1Cc1ccccc1. The standard InChI is InChI=1S/C26H29N5O3/c27-16-20(15-19-12-13-28-24(19)32)29-25(33)21-9-4-5-10-22(21)30-26(34)23-11-6-14-31(23)17-18-7-2-1-3-8-18/h1-5,7-10,19-20,23H,6,11-15,17H2,(H,28,32)(H,29,33)(H,30,34)/t19?,20-,23-/m0/s1. The van der Waals surface area contributed by atoms with Gasteiger partial charge < -0.3 is 16.0 Å². The number of likely N-dealkylation sites (tertiary alicyclic amines) is 1. The first kappa shape index (κ1) is 23.5. The fraction of sp³-hybridized carbons (Fsp3) is 0.385. The van der Waals surface area contributed by atoms with Gasteiger partial charge in [0.2, 0.25) is 11.8 Å². The van der Waals surface area contributed by atoms with Crippen LogP contribution in [0.3, 0.4) is 0 Å².